The Morgan fingerprint density at radius 1 is 1.38 bits per heavy atom. The first kappa shape index (κ1) is 13.7. The van der Waals surface area contributed by atoms with Gasteiger partial charge in [-0.3, -0.25) is 0 Å². The van der Waals surface area contributed by atoms with E-state index in [9.17, 15) is 4.39 Å². The van der Waals surface area contributed by atoms with E-state index in [1.165, 1.54) is 18.9 Å². The van der Waals surface area contributed by atoms with E-state index in [2.05, 4.69) is 35.9 Å². The summed E-state index contributed by atoms with van der Waals surface area (Å²) in [5.74, 6) is 0.366. The number of hydrogen-bond donors (Lipinski definition) is 0. The second-order valence-corrected chi connectivity index (χ2v) is 9.53. The van der Waals surface area contributed by atoms with Gasteiger partial charge in [-0.15, -0.1) is 0 Å². The van der Waals surface area contributed by atoms with Crippen molar-refractivity contribution in [2.75, 3.05) is 0 Å². The summed E-state index contributed by atoms with van der Waals surface area (Å²) < 4.78 is 19.7. The Balaban J connectivity index is 2.75. The van der Waals surface area contributed by atoms with Crippen LogP contribution in [-0.4, -0.2) is 8.32 Å². The van der Waals surface area contributed by atoms with Crippen LogP contribution >= 0.6 is 15.9 Å². The monoisotopic (exact) mass is 304 g/mol. The van der Waals surface area contributed by atoms with Gasteiger partial charge < -0.3 is 4.43 Å². The Kier molecular flexibility index (Phi) is 4.99. The Morgan fingerprint density at radius 3 is 2.69 bits per heavy atom. The Labute approximate surface area is 106 Å². The molecule has 0 radical (unpaired) electrons. The van der Waals surface area contributed by atoms with Crippen LogP contribution in [0.15, 0.2) is 22.7 Å². The van der Waals surface area contributed by atoms with Crippen LogP contribution in [0.1, 0.15) is 19.8 Å². The molecule has 1 aromatic carbocycles. The summed E-state index contributed by atoms with van der Waals surface area (Å²) in [4.78, 5) is 0. The van der Waals surface area contributed by atoms with Crippen LogP contribution in [0.4, 0.5) is 4.39 Å². The minimum absolute atomic E-state index is 0.266. The minimum Gasteiger partial charge on any atom is -0.543 e. The maximum Gasteiger partial charge on any atom is 0.245 e. The molecule has 0 aliphatic carbocycles. The first-order valence-corrected chi connectivity index (χ1v) is 9.50. The molecular formula is C12H18BrFOSi. The molecule has 0 atom stereocenters. The second kappa shape index (κ2) is 5.82. The summed E-state index contributed by atoms with van der Waals surface area (Å²) in [5, 5.41) is 0. The number of hydrogen-bond acceptors (Lipinski definition) is 1. The van der Waals surface area contributed by atoms with Crippen LogP contribution in [-0.2, 0) is 0 Å². The van der Waals surface area contributed by atoms with E-state index in [-0.39, 0.29) is 5.82 Å². The normalized spacial score (nSPS) is 11.6. The van der Waals surface area contributed by atoms with Gasteiger partial charge >= 0.3 is 0 Å². The van der Waals surface area contributed by atoms with Crippen molar-refractivity contribution in [3.05, 3.63) is 28.5 Å². The molecule has 0 fully saturated rings. The van der Waals surface area contributed by atoms with Crippen molar-refractivity contribution in [3.63, 3.8) is 0 Å². The predicted octanol–water partition coefficient (Wildman–Crippen LogP) is 4.97. The standard InChI is InChI=1S/C12H18BrFOSi/c1-4-5-9-16(2,3)15-11-8-6-7-10(14)12(11)13/h6-8H,4-5,9H2,1-3H3. The fraction of sp³-hybridized carbons (Fsp3) is 0.500. The maximum absolute atomic E-state index is 13.3. The second-order valence-electron chi connectivity index (χ2n) is 4.52. The highest BCUT2D eigenvalue weighted by Crippen LogP contribution is 2.30. The van der Waals surface area contributed by atoms with Gasteiger partial charge in [-0.05, 0) is 47.2 Å². The highest BCUT2D eigenvalue weighted by Gasteiger charge is 2.24. The first-order chi connectivity index (χ1) is 7.46. The summed E-state index contributed by atoms with van der Waals surface area (Å²) in [6, 6.07) is 6.03. The van der Waals surface area contributed by atoms with E-state index < -0.39 is 8.32 Å². The molecular weight excluding hydrogens is 287 g/mol. The molecule has 0 amide bonds. The van der Waals surface area contributed by atoms with Gasteiger partial charge in [0.05, 0.1) is 4.47 Å². The molecule has 0 aliphatic heterocycles. The molecule has 0 aromatic heterocycles. The van der Waals surface area contributed by atoms with Gasteiger partial charge in [0.25, 0.3) is 0 Å². The van der Waals surface area contributed by atoms with Crippen molar-refractivity contribution in [3.8, 4) is 5.75 Å². The van der Waals surface area contributed by atoms with Gasteiger partial charge in [0.2, 0.25) is 8.32 Å². The lowest BCUT2D eigenvalue weighted by Crippen LogP contribution is -2.34. The molecule has 4 heteroatoms. The summed E-state index contributed by atoms with van der Waals surface area (Å²) >= 11 is 3.22. The van der Waals surface area contributed by atoms with Gasteiger partial charge in [0.15, 0.2) is 0 Å². The fourth-order valence-electron chi connectivity index (χ4n) is 1.51. The summed E-state index contributed by atoms with van der Waals surface area (Å²) in [7, 11) is -1.72. The van der Waals surface area contributed by atoms with Crippen LogP contribution in [0.5, 0.6) is 5.75 Å². The topological polar surface area (TPSA) is 9.23 Å². The highest BCUT2D eigenvalue weighted by molar-refractivity contribution is 9.10. The number of rotatable bonds is 5. The molecule has 1 aromatic rings. The molecule has 0 aliphatic rings. The van der Waals surface area contributed by atoms with E-state index in [0.29, 0.717) is 10.2 Å². The Bertz CT molecular complexity index is 355. The molecule has 0 saturated carbocycles. The SMILES string of the molecule is CCCC[Si](C)(C)Oc1cccc(F)c1Br. The molecule has 90 valence electrons. The highest BCUT2D eigenvalue weighted by atomic mass is 79.9. The van der Waals surface area contributed by atoms with Crippen molar-refractivity contribution in [1.29, 1.82) is 0 Å². The van der Waals surface area contributed by atoms with Gasteiger partial charge in [0.1, 0.15) is 11.6 Å². The lowest BCUT2D eigenvalue weighted by Gasteiger charge is -2.24. The van der Waals surface area contributed by atoms with Crippen LogP contribution < -0.4 is 4.43 Å². The molecule has 16 heavy (non-hydrogen) atoms. The maximum atomic E-state index is 13.3. The van der Waals surface area contributed by atoms with Crippen molar-refractivity contribution < 1.29 is 8.82 Å². The Hall–Kier alpha value is -0.353. The third-order valence-electron chi connectivity index (χ3n) is 2.43. The smallest absolute Gasteiger partial charge is 0.245 e. The molecule has 0 heterocycles. The molecule has 0 bridgehead atoms. The van der Waals surface area contributed by atoms with Crippen LogP contribution in [0.2, 0.25) is 19.1 Å². The van der Waals surface area contributed by atoms with Crippen LogP contribution in [0.25, 0.3) is 0 Å². The Morgan fingerprint density at radius 2 is 2.06 bits per heavy atom. The van der Waals surface area contributed by atoms with Gasteiger partial charge in [-0.2, -0.15) is 0 Å². The molecule has 0 spiro atoms. The first-order valence-electron chi connectivity index (χ1n) is 5.59. The van der Waals surface area contributed by atoms with Crippen LogP contribution in [0.3, 0.4) is 0 Å². The number of benzene rings is 1. The lowest BCUT2D eigenvalue weighted by atomic mass is 10.3. The van der Waals surface area contributed by atoms with Crippen molar-refractivity contribution in [1.82, 2.24) is 0 Å². The van der Waals surface area contributed by atoms with Crippen molar-refractivity contribution >= 4 is 24.2 Å². The fourth-order valence-corrected chi connectivity index (χ4v) is 4.08. The van der Waals surface area contributed by atoms with Gasteiger partial charge in [0, 0.05) is 0 Å². The average molecular weight is 305 g/mol. The minimum atomic E-state index is -1.72. The van der Waals surface area contributed by atoms with Gasteiger partial charge in [-0.1, -0.05) is 25.8 Å². The number of halogens is 2. The largest absolute Gasteiger partial charge is 0.543 e. The third-order valence-corrected chi connectivity index (χ3v) is 5.53. The van der Waals surface area contributed by atoms with Crippen molar-refractivity contribution in [2.45, 2.75) is 38.9 Å². The molecule has 1 nitrogen and oxygen atoms in total. The number of unbranched alkanes of at least 4 members (excludes halogenated alkanes) is 1. The van der Waals surface area contributed by atoms with Gasteiger partial charge in [-0.25, -0.2) is 4.39 Å². The zero-order chi connectivity index (χ0) is 12.2. The third kappa shape index (κ3) is 3.90. The van der Waals surface area contributed by atoms with Crippen LogP contribution in [0, 0.1) is 5.82 Å². The summed E-state index contributed by atoms with van der Waals surface area (Å²) in [6.45, 7) is 6.50. The predicted molar refractivity (Wildman–Crippen MR) is 71.9 cm³/mol. The summed E-state index contributed by atoms with van der Waals surface area (Å²) in [5.41, 5.74) is 0. The molecule has 0 N–H and O–H groups in total. The van der Waals surface area contributed by atoms with E-state index in [1.807, 2.05) is 6.07 Å². The van der Waals surface area contributed by atoms with E-state index in [4.69, 9.17) is 4.43 Å². The zero-order valence-electron chi connectivity index (χ0n) is 10.0. The average Bonchev–Trinajstić information content (AvgIpc) is 2.22. The van der Waals surface area contributed by atoms with E-state index >= 15 is 0 Å². The molecule has 0 saturated heterocycles. The lowest BCUT2D eigenvalue weighted by molar-refractivity contribution is 0.526. The zero-order valence-corrected chi connectivity index (χ0v) is 12.6. The van der Waals surface area contributed by atoms with E-state index in [0.717, 1.165) is 6.04 Å². The molecule has 1 rings (SSSR count). The van der Waals surface area contributed by atoms with Crippen molar-refractivity contribution in [2.24, 2.45) is 0 Å². The quantitative estimate of drug-likeness (QED) is 0.698. The van der Waals surface area contributed by atoms with E-state index in [1.54, 1.807) is 6.07 Å². The summed E-state index contributed by atoms with van der Waals surface area (Å²) in [6.07, 6.45) is 2.34. The molecule has 0 unspecified atom stereocenters.